The molecule has 15 heavy (non-hydrogen) atoms. The summed E-state index contributed by atoms with van der Waals surface area (Å²) in [6.07, 6.45) is 3.74. The fraction of sp³-hybridized carbons (Fsp3) is 1.00. The molecule has 2 atom stereocenters. The molecule has 90 valence electrons. The Morgan fingerprint density at radius 2 is 2.27 bits per heavy atom. The summed E-state index contributed by atoms with van der Waals surface area (Å²) in [6, 6.07) is 0.513. The van der Waals surface area contributed by atoms with Crippen molar-refractivity contribution in [1.29, 1.82) is 0 Å². The molecule has 1 fully saturated rings. The number of hydrogen-bond acceptors (Lipinski definition) is 4. The van der Waals surface area contributed by atoms with E-state index < -0.39 is 0 Å². The third-order valence-electron chi connectivity index (χ3n) is 3.13. The van der Waals surface area contributed by atoms with Crippen LogP contribution in [0.1, 0.15) is 19.3 Å². The van der Waals surface area contributed by atoms with Crippen molar-refractivity contribution >= 4 is 0 Å². The first-order chi connectivity index (χ1) is 7.31. The van der Waals surface area contributed by atoms with Crippen LogP contribution in [0.15, 0.2) is 0 Å². The van der Waals surface area contributed by atoms with Gasteiger partial charge < -0.3 is 15.2 Å². The number of nitrogens with two attached hydrogens (primary N) is 1. The van der Waals surface area contributed by atoms with Crippen LogP contribution in [-0.4, -0.2) is 57.5 Å². The van der Waals surface area contributed by atoms with E-state index in [1.54, 1.807) is 14.2 Å². The predicted molar refractivity (Wildman–Crippen MR) is 60.9 cm³/mol. The SMILES string of the molecule is COCC(CCCN)N1CCC(OC)C1. The molecule has 0 aromatic carbocycles. The average molecular weight is 216 g/mol. The van der Waals surface area contributed by atoms with Crippen molar-refractivity contribution < 1.29 is 9.47 Å². The van der Waals surface area contributed by atoms with Crippen molar-refractivity contribution in [3.63, 3.8) is 0 Å². The predicted octanol–water partition coefficient (Wildman–Crippen LogP) is 0.461. The maximum Gasteiger partial charge on any atom is 0.0710 e. The Bertz CT molecular complexity index is 167. The van der Waals surface area contributed by atoms with Crippen molar-refractivity contribution in [3.8, 4) is 0 Å². The fourth-order valence-electron chi connectivity index (χ4n) is 2.20. The summed E-state index contributed by atoms with van der Waals surface area (Å²) in [6.45, 7) is 3.73. The van der Waals surface area contributed by atoms with E-state index in [1.807, 2.05) is 0 Å². The minimum atomic E-state index is 0.405. The summed E-state index contributed by atoms with van der Waals surface area (Å²) in [5.74, 6) is 0. The molecule has 1 rings (SSSR count). The molecular weight excluding hydrogens is 192 g/mol. The monoisotopic (exact) mass is 216 g/mol. The summed E-state index contributed by atoms with van der Waals surface area (Å²) in [5.41, 5.74) is 5.54. The van der Waals surface area contributed by atoms with Crippen LogP contribution < -0.4 is 5.73 Å². The van der Waals surface area contributed by atoms with Gasteiger partial charge in [0.15, 0.2) is 0 Å². The lowest BCUT2D eigenvalue weighted by molar-refractivity contribution is 0.0723. The minimum absolute atomic E-state index is 0.405. The summed E-state index contributed by atoms with van der Waals surface area (Å²) in [4.78, 5) is 2.47. The van der Waals surface area contributed by atoms with Crippen LogP contribution in [-0.2, 0) is 9.47 Å². The summed E-state index contributed by atoms with van der Waals surface area (Å²) in [7, 11) is 3.55. The van der Waals surface area contributed by atoms with E-state index in [2.05, 4.69) is 4.90 Å². The maximum atomic E-state index is 5.54. The van der Waals surface area contributed by atoms with Crippen molar-refractivity contribution in [2.75, 3.05) is 40.5 Å². The molecule has 1 heterocycles. The molecule has 0 bridgehead atoms. The highest BCUT2D eigenvalue weighted by molar-refractivity contribution is 4.81. The number of rotatable bonds is 7. The normalized spacial score (nSPS) is 24.6. The Hall–Kier alpha value is -0.160. The van der Waals surface area contributed by atoms with Crippen molar-refractivity contribution in [2.45, 2.75) is 31.4 Å². The topological polar surface area (TPSA) is 47.7 Å². The number of nitrogens with zero attached hydrogens (tertiary/aromatic N) is 1. The molecule has 0 radical (unpaired) electrons. The van der Waals surface area contributed by atoms with Crippen LogP contribution in [0.2, 0.25) is 0 Å². The van der Waals surface area contributed by atoms with Gasteiger partial charge in [-0.05, 0) is 25.8 Å². The molecule has 0 spiro atoms. The van der Waals surface area contributed by atoms with Gasteiger partial charge in [0.2, 0.25) is 0 Å². The smallest absolute Gasteiger partial charge is 0.0710 e. The minimum Gasteiger partial charge on any atom is -0.383 e. The van der Waals surface area contributed by atoms with E-state index in [0.717, 1.165) is 45.5 Å². The van der Waals surface area contributed by atoms with Crippen LogP contribution in [0.5, 0.6) is 0 Å². The molecule has 0 aromatic heterocycles. The van der Waals surface area contributed by atoms with E-state index in [0.29, 0.717) is 12.1 Å². The third-order valence-corrected chi connectivity index (χ3v) is 3.13. The van der Waals surface area contributed by atoms with Gasteiger partial charge in [-0.3, -0.25) is 4.90 Å². The number of methoxy groups -OCH3 is 2. The van der Waals surface area contributed by atoms with E-state index in [4.69, 9.17) is 15.2 Å². The van der Waals surface area contributed by atoms with Gasteiger partial charge in [0.1, 0.15) is 0 Å². The highest BCUT2D eigenvalue weighted by Gasteiger charge is 2.27. The van der Waals surface area contributed by atoms with Crippen molar-refractivity contribution in [1.82, 2.24) is 4.90 Å². The zero-order chi connectivity index (χ0) is 11.1. The molecular formula is C11H24N2O2. The fourth-order valence-corrected chi connectivity index (χ4v) is 2.20. The molecule has 0 aromatic rings. The van der Waals surface area contributed by atoms with Crippen LogP contribution in [0.3, 0.4) is 0 Å². The molecule has 2 unspecified atom stereocenters. The molecule has 2 N–H and O–H groups in total. The first kappa shape index (κ1) is 12.9. The largest absolute Gasteiger partial charge is 0.383 e. The van der Waals surface area contributed by atoms with Crippen LogP contribution in [0, 0.1) is 0 Å². The molecule has 1 saturated heterocycles. The Morgan fingerprint density at radius 3 is 2.80 bits per heavy atom. The quantitative estimate of drug-likeness (QED) is 0.671. The van der Waals surface area contributed by atoms with Gasteiger partial charge in [0, 0.05) is 33.4 Å². The van der Waals surface area contributed by atoms with E-state index in [9.17, 15) is 0 Å². The zero-order valence-electron chi connectivity index (χ0n) is 9.95. The van der Waals surface area contributed by atoms with Crippen molar-refractivity contribution in [2.24, 2.45) is 5.73 Å². The molecule has 0 amide bonds. The lowest BCUT2D eigenvalue weighted by atomic mass is 10.1. The molecule has 4 heteroatoms. The van der Waals surface area contributed by atoms with Crippen LogP contribution >= 0.6 is 0 Å². The van der Waals surface area contributed by atoms with Gasteiger partial charge in [0.25, 0.3) is 0 Å². The van der Waals surface area contributed by atoms with Crippen LogP contribution in [0.4, 0.5) is 0 Å². The number of hydrogen-bond donors (Lipinski definition) is 1. The van der Waals surface area contributed by atoms with Gasteiger partial charge in [-0.15, -0.1) is 0 Å². The lowest BCUT2D eigenvalue weighted by Crippen LogP contribution is -2.37. The second kappa shape index (κ2) is 7.17. The summed E-state index contributed by atoms with van der Waals surface area (Å²) in [5, 5.41) is 0. The molecule has 0 aliphatic carbocycles. The zero-order valence-corrected chi connectivity index (χ0v) is 9.95. The van der Waals surface area contributed by atoms with Gasteiger partial charge >= 0.3 is 0 Å². The highest BCUT2D eigenvalue weighted by Crippen LogP contribution is 2.17. The van der Waals surface area contributed by atoms with Crippen LogP contribution in [0.25, 0.3) is 0 Å². The van der Waals surface area contributed by atoms with Gasteiger partial charge in [-0.1, -0.05) is 0 Å². The van der Waals surface area contributed by atoms with Crippen molar-refractivity contribution in [3.05, 3.63) is 0 Å². The summed E-state index contributed by atoms with van der Waals surface area (Å²) < 4.78 is 10.6. The molecule has 4 nitrogen and oxygen atoms in total. The average Bonchev–Trinajstić information content (AvgIpc) is 2.72. The molecule has 1 aliphatic rings. The third kappa shape index (κ3) is 4.07. The Morgan fingerprint density at radius 1 is 1.47 bits per heavy atom. The lowest BCUT2D eigenvalue weighted by Gasteiger charge is -2.27. The van der Waals surface area contributed by atoms with Gasteiger partial charge in [-0.25, -0.2) is 0 Å². The first-order valence-corrected chi connectivity index (χ1v) is 5.77. The van der Waals surface area contributed by atoms with E-state index >= 15 is 0 Å². The summed E-state index contributed by atoms with van der Waals surface area (Å²) >= 11 is 0. The van der Waals surface area contributed by atoms with E-state index in [-0.39, 0.29) is 0 Å². The van der Waals surface area contributed by atoms with Gasteiger partial charge in [-0.2, -0.15) is 0 Å². The second-order valence-corrected chi connectivity index (χ2v) is 4.18. The standard InChI is InChI=1S/C11H24N2O2/c1-14-9-10(4-3-6-12)13-7-5-11(8-13)15-2/h10-11H,3-9,12H2,1-2H3. The molecule has 1 aliphatic heterocycles. The first-order valence-electron chi connectivity index (χ1n) is 5.77. The Labute approximate surface area is 92.7 Å². The van der Waals surface area contributed by atoms with Gasteiger partial charge in [0.05, 0.1) is 12.7 Å². The number of likely N-dealkylation sites (tertiary alicyclic amines) is 1. The molecule has 0 saturated carbocycles. The second-order valence-electron chi connectivity index (χ2n) is 4.18. The Balaban J connectivity index is 2.34. The number of ether oxygens (including phenoxy) is 2. The maximum absolute atomic E-state index is 5.54. The highest BCUT2D eigenvalue weighted by atomic mass is 16.5. The Kier molecular flexibility index (Phi) is 6.17. The van der Waals surface area contributed by atoms with E-state index in [1.165, 1.54) is 0 Å².